The summed E-state index contributed by atoms with van der Waals surface area (Å²) in [6, 6.07) is 8.66. The molecule has 1 aliphatic rings. The number of nitrogens with zero attached hydrogens (tertiary/aromatic N) is 2. The molecule has 1 aromatic heterocycles. The third kappa shape index (κ3) is 4.39. The number of hydrogen-bond donors (Lipinski definition) is 2. The van der Waals surface area contributed by atoms with Crippen molar-refractivity contribution in [2.45, 2.75) is 19.4 Å². The van der Waals surface area contributed by atoms with Gasteiger partial charge in [-0.05, 0) is 42.5 Å². The molecule has 0 unspecified atom stereocenters. The number of carbonyl (C=O) groups is 1. The number of carbonyl (C=O) groups excluding carboxylic acids is 1. The Hall–Kier alpha value is -2.45. The number of non-ortho nitro benzene ring substituents is 1. The van der Waals surface area contributed by atoms with Crippen molar-refractivity contribution in [2.24, 2.45) is 0 Å². The number of hydrogen-bond acceptors (Lipinski definition) is 6. The first kappa shape index (κ1) is 18.3. The Morgan fingerprint density at radius 1 is 1.31 bits per heavy atom. The van der Waals surface area contributed by atoms with Crippen LogP contribution in [0, 0.1) is 10.1 Å². The van der Waals surface area contributed by atoms with Crippen molar-refractivity contribution in [1.82, 2.24) is 10.2 Å². The van der Waals surface area contributed by atoms with Gasteiger partial charge in [0.1, 0.15) is 0 Å². The fourth-order valence-corrected chi connectivity index (χ4v) is 4.09. The standard InChI is InChI=1S/C18H22N4O3S/c1-13-16-7-11-26-17(16)6-10-21(13)12-18(23)20-9-8-19-14-2-4-15(5-3-14)22(24)25/h2-5,7,11,13,19H,6,8-10,12H2,1H3,(H,20,23)/t13-/m0/s1. The highest BCUT2D eigenvalue weighted by Gasteiger charge is 2.25. The molecule has 138 valence electrons. The van der Waals surface area contributed by atoms with Crippen molar-refractivity contribution >= 4 is 28.6 Å². The number of anilines is 1. The van der Waals surface area contributed by atoms with E-state index in [1.54, 1.807) is 23.5 Å². The molecule has 3 rings (SSSR count). The van der Waals surface area contributed by atoms with Crippen LogP contribution in [0.5, 0.6) is 0 Å². The molecule has 2 heterocycles. The minimum atomic E-state index is -0.426. The number of thiophene rings is 1. The molecule has 0 saturated carbocycles. The van der Waals surface area contributed by atoms with E-state index >= 15 is 0 Å². The number of fused-ring (bicyclic) bond motifs is 1. The molecule has 1 amide bonds. The lowest BCUT2D eigenvalue weighted by molar-refractivity contribution is -0.384. The van der Waals surface area contributed by atoms with E-state index in [9.17, 15) is 14.9 Å². The van der Waals surface area contributed by atoms with Crippen molar-refractivity contribution in [3.8, 4) is 0 Å². The Morgan fingerprint density at radius 2 is 2.08 bits per heavy atom. The molecule has 1 aliphatic heterocycles. The van der Waals surface area contributed by atoms with E-state index in [1.807, 2.05) is 0 Å². The molecule has 1 aromatic carbocycles. The summed E-state index contributed by atoms with van der Waals surface area (Å²) in [7, 11) is 0. The zero-order chi connectivity index (χ0) is 18.5. The van der Waals surface area contributed by atoms with Crippen LogP contribution in [0.1, 0.15) is 23.4 Å². The molecule has 8 heteroatoms. The molecule has 2 aromatic rings. The van der Waals surface area contributed by atoms with Gasteiger partial charge in [-0.1, -0.05) is 0 Å². The van der Waals surface area contributed by atoms with Crippen LogP contribution < -0.4 is 10.6 Å². The molecule has 0 radical (unpaired) electrons. The summed E-state index contributed by atoms with van der Waals surface area (Å²) in [5.41, 5.74) is 2.20. The first-order valence-electron chi connectivity index (χ1n) is 8.60. The molecule has 7 nitrogen and oxygen atoms in total. The average molecular weight is 374 g/mol. The number of nitrogens with one attached hydrogen (secondary N) is 2. The smallest absolute Gasteiger partial charge is 0.269 e. The molecule has 26 heavy (non-hydrogen) atoms. The minimum Gasteiger partial charge on any atom is -0.383 e. The van der Waals surface area contributed by atoms with Gasteiger partial charge in [0.15, 0.2) is 0 Å². The summed E-state index contributed by atoms with van der Waals surface area (Å²) in [5.74, 6) is 0.0148. The zero-order valence-electron chi connectivity index (χ0n) is 14.6. The molecule has 0 aliphatic carbocycles. The van der Waals surface area contributed by atoms with E-state index < -0.39 is 4.92 Å². The number of nitro groups is 1. The van der Waals surface area contributed by atoms with Crippen LogP contribution in [-0.4, -0.2) is 41.9 Å². The molecule has 2 N–H and O–H groups in total. The maximum absolute atomic E-state index is 12.2. The van der Waals surface area contributed by atoms with Gasteiger partial charge in [-0.15, -0.1) is 11.3 Å². The van der Waals surface area contributed by atoms with Crippen molar-refractivity contribution in [3.63, 3.8) is 0 Å². The van der Waals surface area contributed by atoms with Crippen LogP contribution in [0.4, 0.5) is 11.4 Å². The highest BCUT2D eigenvalue weighted by molar-refractivity contribution is 7.10. The van der Waals surface area contributed by atoms with Crippen LogP contribution in [0.2, 0.25) is 0 Å². The highest BCUT2D eigenvalue weighted by Crippen LogP contribution is 2.32. The van der Waals surface area contributed by atoms with Gasteiger partial charge >= 0.3 is 0 Å². The topological polar surface area (TPSA) is 87.5 Å². The predicted molar refractivity (Wildman–Crippen MR) is 103 cm³/mol. The van der Waals surface area contributed by atoms with Gasteiger partial charge < -0.3 is 10.6 Å². The molecule has 0 spiro atoms. The second-order valence-electron chi connectivity index (χ2n) is 6.28. The summed E-state index contributed by atoms with van der Waals surface area (Å²) >= 11 is 1.79. The second kappa shape index (κ2) is 8.29. The Labute approximate surface area is 156 Å². The quantitative estimate of drug-likeness (QED) is 0.442. The Balaban J connectivity index is 1.39. The number of rotatable bonds is 7. The lowest BCUT2D eigenvalue weighted by atomic mass is 10.0. The number of nitro benzene ring substituents is 1. The summed E-state index contributed by atoms with van der Waals surface area (Å²) in [5, 5.41) is 18.8. The summed E-state index contributed by atoms with van der Waals surface area (Å²) in [6.45, 7) is 4.51. The van der Waals surface area contributed by atoms with Gasteiger partial charge in [-0.2, -0.15) is 0 Å². The normalized spacial score (nSPS) is 16.7. The second-order valence-corrected chi connectivity index (χ2v) is 7.28. The highest BCUT2D eigenvalue weighted by atomic mass is 32.1. The third-order valence-electron chi connectivity index (χ3n) is 4.60. The SMILES string of the molecule is C[C@H]1c2ccsc2CCN1CC(=O)NCCNc1ccc([N+](=O)[O-])cc1. The first-order valence-corrected chi connectivity index (χ1v) is 9.48. The van der Waals surface area contributed by atoms with Gasteiger partial charge in [-0.3, -0.25) is 19.8 Å². The van der Waals surface area contributed by atoms with E-state index in [0.717, 1.165) is 18.7 Å². The van der Waals surface area contributed by atoms with E-state index in [-0.39, 0.29) is 17.6 Å². The average Bonchev–Trinajstić information content (AvgIpc) is 3.11. The van der Waals surface area contributed by atoms with Crippen LogP contribution in [0.25, 0.3) is 0 Å². The van der Waals surface area contributed by atoms with E-state index in [1.165, 1.54) is 22.6 Å². The van der Waals surface area contributed by atoms with Gasteiger partial charge in [-0.25, -0.2) is 0 Å². The zero-order valence-corrected chi connectivity index (χ0v) is 15.4. The molecule has 0 bridgehead atoms. The van der Waals surface area contributed by atoms with Crippen LogP contribution in [0.15, 0.2) is 35.7 Å². The molecule has 0 saturated heterocycles. The van der Waals surface area contributed by atoms with E-state index in [4.69, 9.17) is 0 Å². The minimum absolute atomic E-state index is 0.0148. The monoisotopic (exact) mass is 374 g/mol. The number of benzene rings is 1. The maximum Gasteiger partial charge on any atom is 0.269 e. The van der Waals surface area contributed by atoms with Gasteiger partial charge in [0.05, 0.1) is 11.5 Å². The van der Waals surface area contributed by atoms with Crippen molar-refractivity contribution in [1.29, 1.82) is 0 Å². The van der Waals surface area contributed by atoms with Crippen LogP contribution in [-0.2, 0) is 11.2 Å². The first-order chi connectivity index (χ1) is 12.5. The van der Waals surface area contributed by atoms with Gasteiger partial charge in [0, 0.05) is 48.4 Å². The molecular weight excluding hydrogens is 352 g/mol. The molecular formula is C18H22N4O3S. The molecule has 0 fully saturated rings. The fraction of sp³-hybridized carbons (Fsp3) is 0.389. The Bertz CT molecular complexity index is 775. The fourth-order valence-electron chi connectivity index (χ4n) is 3.13. The summed E-state index contributed by atoms with van der Waals surface area (Å²) in [6.07, 6.45) is 1.01. The van der Waals surface area contributed by atoms with E-state index in [2.05, 4.69) is 33.9 Å². The number of amides is 1. The summed E-state index contributed by atoms with van der Waals surface area (Å²) < 4.78 is 0. The lowest BCUT2D eigenvalue weighted by Gasteiger charge is -2.32. The third-order valence-corrected chi connectivity index (χ3v) is 5.60. The van der Waals surface area contributed by atoms with Crippen molar-refractivity contribution in [2.75, 3.05) is 31.5 Å². The summed E-state index contributed by atoms with van der Waals surface area (Å²) in [4.78, 5) is 26.0. The maximum atomic E-state index is 12.2. The van der Waals surface area contributed by atoms with Gasteiger partial charge in [0.25, 0.3) is 5.69 Å². The lowest BCUT2D eigenvalue weighted by Crippen LogP contribution is -2.42. The molecule has 1 atom stereocenters. The predicted octanol–water partition coefficient (Wildman–Crippen LogP) is 2.80. The van der Waals surface area contributed by atoms with Crippen LogP contribution in [0.3, 0.4) is 0 Å². The Kier molecular flexibility index (Phi) is 5.85. The largest absolute Gasteiger partial charge is 0.383 e. The van der Waals surface area contributed by atoms with E-state index in [0.29, 0.717) is 19.6 Å². The Morgan fingerprint density at radius 3 is 2.81 bits per heavy atom. The van der Waals surface area contributed by atoms with Crippen molar-refractivity contribution in [3.05, 3.63) is 56.3 Å². The van der Waals surface area contributed by atoms with Gasteiger partial charge in [0.2, 0.25) is 5.91 Å². The van der Waals surface area contributed by atoms with Crippen LogP contribution >= 0.6 is 11.3 Å². The van der Waals surface area contributed by atoms with Crippen molar-refractivity contribution < 1.29 is 9.72 Å².